The van der Waals surface area contributed by atoms with Gasteiger partial charge in [-0.25, -0.2) is 9.59 Å². The molecule has 0 aromatic heterocycles. The third-order valence-corrected chi connectivity index (χ3v) is 5.15. The lowest BCUT2D eigenvalue weighted by atomic mass is 9.93. The fraction of sp³-hybridized carbons (Fsp3) is 0.476. The van der Waals surface area contributed by atoms with Gasteiger partial charge in [0, 0.05) is 6.04 Å². The Morgan fingerprint density at radius 3 is 2.43 bits per heavy atom. The Morgan fingerprint density at radius 2 is 1.79 bits per heavy atom. The second-order valence-corrected chi connectivity index (χ2v) is 6.98. The number of rotatable bonds is 6. The minimum atomic E-state index is -1.26. The normalized spacial score (nSPS) is 20.4. The second-order valence-electron chi connectivity index (χ2n) is 6.98. The second kappa shape index (κ2) is 8.91. The molecule has 0 unspecified atom stereocenters. The van der Waals surface area contributed by atoms with Crippen LogP contribution in [0.2, 0.25) is 0 Å². The summed E-state index contributed by atoms with van der Waals surface area (Å²) in [5, 5.41) is 10.4. The van der Waals surface area contributed by atoms with Crippen molar-refractivity contribution in [2.75, 3.05) is 6.61 Å². The number of aliphatic hydroxyl groups is 1. The van der Waals surface area contributed by atoms with E-state index in [1.54, 1.807) is 19.1 Å². The highest BCUT2D eigenvalue weighted by Gasteiger charge is 2.50. The molecule has 0 spiro atoms. The van der Waals surface area contributed by atoms with Crippen molar-refractivity contribution in [2.45, 2.75) is 57.7 Å². The Kier molecular flexibility index (Phi) is 6.34. The van der Waals surface area contributed by atoms with Crippen molar-refractivity contribution >= 4 is 17.8 Å². The van der Waals surface area contributed by atoms with E-state index in [-0.39, 0.29) is 24.8 Å². The molecule has 150 valence electrons. The molecule has 0 radical (unpaired) electrons. The topological polar surface area (TPSA) is 93.1 Å². The number of carbonyl (C=O) groups is 3. The largest absolute Gasteiger partial charge is 0.503 e. The summed E-state index contributed by atoms with van der Waals surface area (Å²) in [7, 11) is 0. The SMILES string of the molecule is CCOC(=O)[C@@H]1C(C(=O)OCc2ccccc2)=C(O)C(=O)N1C1CCCCC1. The smallest absolute Gasteiger partial charge is 0.341 e. The van der Waals surface area contributed by atoms with E-state index >= 15 is 0 Å². The zero-order valence-corrected chi connectivity index (χ0v) is 15.9. The van der Waals surface area contributed by atoms with Gasteiger partial charge < -0.3 is 19.5 Å². The molecule has 1 N–H and O–H groups in total. The van der Waals surface area contributed by atoms with Crippen molar-refractivity contribution in [2.24, 2.45) is 0 Å². The molecule has 1 aromatic carbocycles. The minimum absolute atomic E-state index is 0.0242. The lowest BCUT2D eigenvalue weighted by molar-refractivity contribution is -0.155. The van der Waals surface area contributed by atoms with Crippen LogP contribution in [0.5, 0.6) is 0 Å². The van der Waals surface area contributed by atoms with Gasteiger partial charge in [0.25, 0.3) is 5.91 Å². The van der Waals surface area contributed by atoms with Crippen LogP contribution in [-0.2, 0) is 30.5 Å². The van der Waals surface area contributed by atoms with Crippen LogP contribution in [0.15, 0.2) is 41.7 Å². The summed E-state index contributed by atoms with van der Waals surface area (Å²) in [6.45, 7) is 1.73. The third-order valence-electron chi connectivity index (χ3n) is 5.15. The van der Waals surface area contributed by atoms with E-state index in [9.17, 15) is 19.5 Å². The fourth-order valence-corrected chi connectivity index (χ4v) is 3.82. The standard InChI is InChI=1S/C21H25NO6/c1-2-27-21(26)17-16(20(25)28-13-14-9-5-3-6-10-14)18(23)19(24)22(17)15-11-7-4-8-12-15/h3,5-6,9-10,15,17,23H,2,4,7-8,11-13H2,1H3/t17-/m0/s1. The Bertz CT molecular complexity index is 766. The van der Waals surface area contributed by atoms with Crippen molar-refractivity contribution in [3.8, 4) is 0 Å². The average molecular weight is 387 g/mol. The molecule has 7 nitrogen and oxygen atoms in total. The molecule has 28 heavy (non-hydrogen) atoms. The molecule has 1 amide bonds. The van der Waals surface area contributed by atoms with Crippen LogP contribution in [0, 0.1) is 0 Å². The highest BCUT2D eigenvalue weighted by molar-refractivity contribution is 6.11. The molecule has 1 saturated carbocycles. The van der Waals surface area contributed by atoms with Crippen molar-refractivity contribution in [1.29, 1.82) is 0 Å². The Morgan fingerprint density at radius 1 is 1.11 bits per heavy atom. The molecule has 1 heterocycles. The first-order valence-corrected chi connectivity index (χ1v) is 9.68. The molecule has 0 saturated heterocycles. The van der Waals surface area contributed by atoms with E-state index in [2.05, 4.69) is 0 Å². The quantitative estimate of drug-likeness (QED) is 0.755. The van der Waals surface area contributed by atoms with Gasteiger partial charge in [-0.2, -0.15) is 0 Å². The van der Waals surface area contributed by atoms with Gasteiger partial charge in [0.1, 0.15) is 12.2 Å². The monoisotopic (exact) mass is 387 g/mol. The van der Waals surface area contributed by atoms with E-state index in [1.807, 2.05) is 18.2 Å². The first-order chi connectivity index (χ1) is 13.5. The molecule has 1 aromatic rings. The van der Waals surface area contributed by atoms with Crippen LogP contribution in [0.25, 0.3) is 0 Å². The average Bonchev–Trinajstić information content (AvgIpc) is 2.99. The minimum Gasteiger partial charge on any atom is -0.503 e. The lowest BCUT2D eigenvalue weighted by Gasteiger charge is -2.34. The van der Waals surface area contributed by atoms with Crippen LogP contribution in [0.4, 0.5) is 0 Å². The number of hydrogen-bond donors (Lipinski definition) is 1. The van der Waals surface area contributed by atoms with Gasteiger partial charge in [-0.1, -0.05) is 49.6 Å². The lowest BCUT2D eigenvalue weighted by Crippen LogP contribution is -2.49. The van der Waals surface area contributed by atoms with Gasteiger partial charge in [-0.3, -0.25) is 4.79 Å². The van der Waals surface area contributed by atoms with Gasteiger partial charge in [0.05, 0.1) is 6.61 Å². The van der Waals surface area contributed by atoms with Gasteiger partial charge in [-0.15, -0.1) is 0 Å². The summed E-state index contributed by atoms with van der Waals surface area (Å²) in [5.41, 5.74) is 0.432. The maximum absolute atomic E-state index is 12.7. The first-order valence-electron chi connectivity index (χ1n) is 9.68. The summed E-state index contributed by atoms with van der Waals surface area (Å²) in [4.78, 5) is 39.3. The highest BCUT2D eigenvalue weighted by atomic mass is 16.5. The highest BCUT2D eigenvalue weighted by Crippen LogP contribution is 2.34. The van der Waals surface area contributed by atoms with Crippen LogP contribution in [0.3, 0.4) is 0 Å². The van der Waals surface area contributed by atoms with E-state index < -0.39 is 29.6 Å². The number of ether oxygens (including phenoxy) is 2. The van der Waals surface area contributed by atoms with E-state index in [4.69, 9.17) is 9.47 Å². The van der Waals surface area contributed by atoms with Gasteiger partial charge in [0.2, 0.25) is 0 Å². The molecule has 1 fully saturated rings. The molecule has 3 rings (SSSR count). The maximum Gasteiger partial charge on any atom is 0.341 e. The van der Waals surface area contributed by atoms with E-state index in [0.29, 0.717) is 0 Å². The molecular weight excluding hydrogens is 362 g/mol. The molecule has 2 aliphatic rings. The van der Waals surface area contributed by atoms with Crippen LogP contribution < -0.4 is 0 Å². The zero-order chi connectivity index (χ0) is 20.1. The summed E-state index contributed by atoms with van der Waals surface area (Å²) in [5.74, 6) is -3.04. The molecule has 1 aliphatic carbocycles. The van der Waals surface area contributed by atoms with Crippen LogP contribution in [-0.4, -0.2) is 46.5 Å². The summed E-state index contributed by atoms with van der Waals surface area (Å²) >= 11 is 0. The number of nitrogens with zero attached hydrogens (tertiary/aromatic N) is 1. The van der Waals surface area contributed by atoms with Crippen molar-refractivity contribution in [1.82, 2.24) is 4.90 Å². The predicted molar refractivity (Wildman–Crippen MR) is 100 cm³/mol. The maximum atomic E-state index is 12.7. The zero-order valence-electron chi connectivity index (χ0n) is 15.9. The number of amides is 1. The molecule has 7 heteroatoms. The summed E-state index contributed by atoms with van der Waals surface area (Å²) in [6, 6.07) is 7.57. The Hall–Kier alpha value is -2.83. The molecular formula is C21H25NO6. The summed E-state index contributed by atoms with van der Waals surface area (Å²) < 4.78 is 10.4. The number of hydrogen-bond acceptors (Lipinski definition) is 6. The van der Waals surface area contributed by atoms with Crippen LogP contribution in [0.1, 0.15) is 44.6 Å². The third kappa shape index (κ3) is 4.03. The first kappa shape index (κ1) is 19.9. The number of carbonyl (C=O) groups excluding carboxylic acids is 3. The van der Waals surface area contributed by atoms with E-state index in [0.717, 1.165) is 37.7 Å². The van der Waals surface area contributed by atoms with E-state index in [1.165, 1.54) is 4.90 Å². The van der Waals surface area contributed by atoms with Crippen LogP contribution >= 0.6 is 0 Å². The summed E-state index contributed by atoms with van der Waals surface area (Å²) in [6.07, 6.45) is 4.37. The number of aliphatic hydroxyl groups excluding tert-OH is 1. The Labute approximate surface area is 163 Å². The number of benzene rings is 1. The molecule has 0 bridgehead atoms. The van der Waals surface area contributed by atoms with Crippen molar-refractivity contribution in [3.63, 3.8) is 0 Å². The molecule has 1 aliphatic heterocycles. The number of esters is 2. The van der Waals surface area contributed by atoms with Gasteiger partial charge >= 0.3 is 11.9 Å². The molecule has 1 atom stereocenters. The Balaban J connectivity index is 1.84. The van der Waals surface area contributed by atoms with Gasteiger partial charge in [-0.05, 0) is 25.3 Å². The fourth-order valence-electron chi connectivity index (χ4n) is 3.82. The van der Waals surface area contributed by atoms with Crippen molar-refractivity contribution in [3.05, 3.63) is 47.2 Å². The van der Waals surface area contributed by atoms with Crippen molar-refractivity contribution < 1.29 is 29.0 Å². The van der Waals surface area contributed by atoms with Gasteiger partial charge in [0.15, 0.2) is 11.8 Å². The predicted octanol–water partition coefficient (Wildman–Crippen LogP) is 2.65.